The maximum absolute atomic E-state index is 3.39. The molecule has 1 heterocycles. The number of hydrogen-bond donors (Lipinski definition) is 1. The Kier molecular flexibility index (Phi) is 4.30. The predicted molar refractivity (Wildman–Crippen MR) is 86.2 cm³/mol. The van der Waals surface area contributed by atoms with Gasteiger partial charge in [0.05, 0.1) is 0 Å². The van der Waals surface area contributed by atoms with Crippen molar-refractivity contribution >= 4 is 5.69 Å². The molecule has 20 heavy (non-hydrogen) atoms. The van der Waals surface area contributed by atoms with Crippen LogP contribution in [0, 0.1) is 5.92 Å². The van der Waals surface area contributed by atoms with E-state index in [9.17, 15) is 0 Å². The van der Waals surface area contributed by atoms with E-state index < -0.39 is 0 Å². The number of nitrogens with zero attached hydrogens (tertiary/aromatic N) is 1. The van der Waals surface area contributed by atoms with Gasteiger partial charge in [-0.15, -0.1) is 0 Å². The lowest BCUT2D eigenvalue weighted by molar-refractivity contribution is 0.362. The summed E-state index contributed by atoms with van der Waals surface area (Å²) in [6.45, 7) is 3.49. The SMILES string of the molecule is CCC(NC)c1ccc(N2CCCC3CCCC32)cc1. The molecule has 3 atom stereocenters. The van der Waals surface area contributed by atoms with E-state index in [2.05, 4.69) is 48.5 Å². The molecule has 0 aromatic heterocycles. The van der Waals surface area contributed by atoms with Crippen LogP contribution in [0.3, 0.4) is 0 Å². The smallest absolute Gasteiger partial charge is 0.0369 e. The van der Waals surface area contributed by atoms with Crippen LogP contribution < -0.4 is 10.2 Å². The second kappa shape index (κ2) is 6.17. The Morgan fingerprint density at radius 2 is 1.90 bits per heavy atom. The average Bonchev–Trinajstić information content (AvgIpc) is 2.98. The van der Waals surface area contributed by atoms with E-state index in [1.54, 1.807) is 0 Å². The number of anilines is 1. The molecule has 1 saturated heterocycles. The van der Waals surface area contributed by atoms with Gasteiger partial charge in [0.25, 0.3) is 0 Å². The van der Waals surface area contributed by atoms with Crippen LogP contribution in [0.25, 0.3) is 0 Å². The van der Waals surface area contributed by atoms with Crippen molar-refractivity contribution in [1.82, 2.24) is 5.32 Å². The van der Waals surface area contributed by atoms with E-state index in [-0.39, 0.29) is 0 Å². The van der Waals surface area contributed by atoms with Gasteiger partial charge in [-0.3, -0.25) is 0 Å². The van der Waals surface area contributed by atoms with Crippen molar-refractivity contribution in [3.63, 3.8) is 0 Å². The molecule has 1 aromatic rings. The first kappa shape index (κ1) is 13.9. The largest absolute Gasteiger partial charge is 0.368 e. The van der Waals surface area contributed by atoms with E-state index in [1.807, 2.05) is 0 Å². The minimum absolute atomic E-state index is 0.490. The summed E-state index contributed by atoms with van der Waals surface area (Å²) in [5, 5.41) is 3.39. The van der Waals surface area contributed by atoms with Gasteiger partial charge in [-0.2, -0.15) is 0 Å². The molecular formula is C18H28N2. The highest BCUT2D eigenvalue weighted by Gasteiger charge is 2.34. The van der Waals surface area contributed by atoms with Crippen LogP contribution in [-0.4, -0.2) is 19.6 Å². The Labute approximate surface area is 123 Å². The van der Waals surface area contributed by atoms with Crippen molar-refractivity contribution in [2.75, 3.05) is 18.5 Å². The van der Waals surface area contributed by atoms with Crippen molar-refractivity contribution in [2.45, 2.75) is 57.5 Å². The molecule has 1 aliphatic heterocycles. The first-order valence-corrected chi connectivity index (χ1v) is 8.37. The van der Waals surface area contributed by atoms with E-state index in [1.165, 1.54) is 49.9 Å². The van der Waals surface area contributed by atoms with Gasteiger partial charge in [-0.05, 0) is 62.8 Å². The maximum Gasteiger partial charge on any atom is 0.0369 e. The molecule has 1 N–H and O–H groups in total. The third-order valence-electron chi connectivity index (χ3n) is 5.38. The molecule has 0 bridgehead atoms. The maximum atomic E-state index is 3.39. The molecule has 0 spiro atoms. The summed E-state index contributed by atoms with van der Waals surface area (Å²) in [6.07, 6.45) is 8.26. The number of hydrogen-bond acceptors (Lipinski definition) is 2. The highest BCUT2D eigenvalue weighted by molar-refractivity contribution is 5.50. The second-order valence-electron chi connectivity index (χ2n) is 6.43. The van der Waals surface area contributed by atoms with E-state index in [0.717, 1.165) is 18.4 Å². The van der Waals surface area contributed by atoms with Gasteiger partial charge in [0.2, 0.25) is 0 Å². The van der Waals surface area contributed by atoms with Gasteiger partial charge < -0.3 is 10.2 Å². The lowest BCUT2D eigenvalue weighted by Crippen LogP contribution is -2.42. The Balaban J connectivity index is 1.76. The van der Waals surface area contributed by atoms with Crippen LogP contribution in [0.5, 0.6) is 0 Å². The average molecular weight is 272 g/mol. The number of nitrogens with one attached hydrogen (secondary N) is 1. The Bertz CT molecular complexity index is 422. The monoisotopic (exact) mass is 272 g/mol. The first-order valence-electron chi connectivity index (χ1n) is 8.37. The molecule has 1 aliphatic carbocycles. The second-order valence-corrected chi connectivity index (χ2v) is 6.43. The summed E-state index contributed by atoms with van der Waals surface area (Å²) in [5.74, 6) is 0.962. The molecule has 1 aromatic carbocycles. The third kappa shape index (κ3) is 2.58. The van der Waals surface area contributed by atoms with Gasteiger partial charge in [0.15, 0.2) is 0 Å². The number of benzene rings is 1. The fraction of sp³-hybridized carbons (Fsp3) is 0.667. The van der Waals surface area contributed by atoms with E-state index in [0.29, 0.717) is 6.04 Å². The zero-order valence-corrected chi connectivity index (χ0v) is 12.9. The van der Waals surface area contributed by atoms with Crippen LogP contribution >= 0.6 is 0 Å². The molecule has 110 valence electrons. The fourth-order valence-corrected chi connectivity index (χ4v) is 4.28. The van der Waals surface area contributed by atoms with Crippen molar-refractivity contribution in [2.24, 2.45) is 5.92 Å². The predicted octanol–water partition coefficient (Wildman–Crippen LogP) is 4.13. The zero-order valence-electron chi connectivity index (χ0n) is 12.9. The highest BCUT2D eigenvalue weighted by atomic mass is 15.2. The highest BCUT2D eigenvalue weighted by Crippen LogP contribution is 2.39. The molecule has 0 radical (unpaired) electrons. The minimum atomic E-state index is 0.490. The molecule has 3 unspecified atom stereocenters. The number of rotatable bonds is 4. The van der Waals surface area contributed by atoms with Gasteiger partial charge in [-0.25, -0.2) is 0 Å². The van der Waals surface area contributed by atoms with Gasteiger partial charge in [0.1, 0.15) is 0 Å². The minimum Gasteiger partial charge on any atom is -0.368 e. The zero-order chi connectivity index (χ0) is 13.9. The molecule has 0 amide bonds. The summed E-state index contributed by atoms with van der Waals surface area (Å²) in [7, 11) is 2.05. The summed E-state index contributed by atoms with van der Waals surface area (Å²) >= 11 is 0. The summed E-state index contributed by atoms with van der Waals surface area (Å²) < 4.78 is 0. The topological polar surface area (TPSA) is 15.3 Å². The van der Waals surface area contributed by atoms with E-state index in [4.69, 9.17) is 0 Å². The van der Waals surface area contributed by atoms with Gasteiger partial charge in [0, 0.05) is 24.3 Å². The Morgan fingerprint density at radius 1 is 1.15 bits per heavy atom. The van der Waals surface area contributed by atoms with Crippen LogP contribution in [0.15, 0.2) is 24.3 Å². The van der Waals surface area contributed by atoms with Crippen LogP contribution in [0.4, 0.5) is 5.69 Å². The molecule has 2 nitrogen and oxygen atoms in total. The first-order chi connectivity index (χ1) is 9.83. The summed E-state index contributed by atoms with van der Waals surface area (Å²) in [4.78, 5) is 2.69. The number of piperidine rings is 1. The molecule has 1 saturated carbocycles. The standard InChI is InChI=1S/C18H28N2/c1-3-17(19-2)14-9-11-16(12-10-14)20-13-5-7-15-6-4-8-18(15)20/h9-12,15,17-19H,3-8,13H2,1-2H3. The van der Waals surface area contributed by atoms with Gasteiger partial charge >= 0.3 is 0 Å². The van der Waals surface area contributed by atoms with Crippen molar-refractivity contribution < 1.29 is 0 Å². The van der Waals surface area contributed by atoms with Gasteiger partial charge in [-0.1, -0.05) is 25.5 Å². The third-order valence-corrected chi connectivity index (χ3v) is 5.38. The Morgan fingerprint density at radius 3 is 2.60 bits per heavy atom. The van der Waals surface area contributed by atoms with Crippen LogP contribution in [0.1, 0.15) is 57.1 Å². The van der Waals surface area contributed by atoms with Crippen LogP contribution in [-0.2, 0) is 0 Å². The number of fused-ring (bicyclic) bond motifs is 1. The van der Waals surface area contributed by atoms with Crippen molar-refractivity contribution in [3.8, 4) is 0 Å². The van der Waals surface area contributed by atoms with E-state index >= 15 is 0 Å². The quantitative estimate of drug-likeness (QED) is 0.886. The Hall–Kier alpha value is -1.02. The molecule has 2 aliphatic rings. The lowest BCUT2D eigenvalue weighted by atomic mass is 9.91. The molecular weight excluding hydrogens is 244 g/mol. The molecule has 2 heteroatoms. The van der Waals surface area contributed by atoms with Crippen molar-refractivity contribution in [1.29, 1.82) is 0 Å². The van der Waals surface area contributed by atoms with Crippen molar-refractivity contribution in [3.05, 3.63) is 29.8 Å². The van der Waals surface area contributed by atoms with Crippen LogP contribution in [0.2, 0.25) is 0 Å². The molecule has 2 fully saturated rings. The lowest BCUT2D eigenvalue weighted by Gasteiger charge is -2.39. The fourth-order valence-electron chi connectivity index (χ4n) is 4.28. The molecule has 3 rings (SSSR count). The summed E-state index contributed by atoms with van der Waals surface area (Å²) in [6, 6.07) is 10.6. The summed E-state index contributed by atoms with van der Waals surface area (Å²) in [5.41, 5.74) is 2.86. The normalized spacial score (nSPS) is 27.4.